The number of rotatable bonds is 4. The second kappa shape index (κ2) is 5.85. The third kappa shape index (κ3) is 3.12. The fraction of sp³-hybridized carbons (Fsp3) is 0.625. The first-order valence-electron chi connectivity index (χ1n) is 7.37. The van der Waals surface area contributed by atoms with Crippen molar-refractivity contribution in [3.63, 3.8) is 0 Å². The lowest BCUT2D eigenvalue weighted by Gasteiger charge is -2.41. The van der Waals surface area contributed by atoms with Gasteiger partial charge in [0.2, 0.25) is 0 Å². The number of likely N-dealkylation sites (tertiary alicyclic amines) is 1. The highest BCUT2D eigenvalue weighted by Crippen LogP contribution is 2.27. The van der Waals surface area contributed by atoms with E-state index in [-0.39, 0.29) is 0 Å². The maximum absolute atomic E-state index is 3.53. The van der Waals surface area contributed by atoms with Gasteiger partial charge in [-0.25, -0.2) is 0 Å². The lowest BCUT2D eigenvalue weighted by atomic mass is 9.85. The number of benzene rings is 1. The molecule has 0 aromatic heterocycles. The summed E-state index contributed by atoms with van der Waals surface area (Å²) in [4.78, 5) is 2.58. The Bertz CT molecular complexity index is 351. The van der Waals surface area contributed by atoms with Crippen molar-refractivity contribution in [2.75, 3.05) is 26.2 Å². The Hall–Kier alpha value is -0.860. The van der Waals surface area contributed by atoms with Crippen LogP contribution in [0.1, 0.15) is 24.8 Å². The van der Waals surface area contributed by atoms with Gasteiger partial charge in [0.25, 0.3) is 0 Å². The van der Waals surface area contributed by atoms with Crippen LogP contribution in [0.4, 0.5) is 0 Å². The van der Waals surface area contributed by atoms with Crippen LogP contribution in [0.5, 0.6) is 0 Å². The molecule has 0 radical (unpaired) electrons. The molecule has 2 nitrogen and oxygen atoms in total. The summed E-state index contributed by atoms with van der Waals surface area (Å²) in [6.07, 6.45) is 4.27. The molecule has 0 saturated carbocycles. The molecular formula is C16H24N2. The topological polar surface area (TPSA) is 15.3 Å². The predicted octanol–water partition coefficient (Wildman–Crippen LogP) is 2.51. The van der Waals surface area contributed by atoms with Gasteiger partial charge in [-0.05, 0) is 49.8 Å². The van der Waals surface area contributed by atoms with E-state index in [2.05, 4.69) is 40.5 Å². The molecule has 2 fully saturated rings. The third-order valence-electron chi connectivity index (χ3n) is 4.35. The van der Waals surface area contributed by atoms with Crippen molar-refractivity contribution in [2.45, 2.75) is 25.8 Å². The van der Waals surface area contributed by atoms with Gasteiger partial charge in [0.15, 0.2) is 0 Å². The molecule has 2 aliphatic heterocycles. The first-order valence-corrected chi connectivity index (χ1v) is 7.37. The predicted molar refractivity (Wildman–Crippen MR) is 75.4 cm³/mol. The molecule has 1 aromatic rings. The average Bonchev–Trinajstić information content (AvgIpc) is 2.39. The molecule has 0 bridgehead atoms. The van der Waals surface area contributed by atoms with E-state index >= 15 is 0 Å². The highest BCUT2D eigenvalue weighted by atomic mass is 15.2. The van der Waals surface area contributed by atoms with E-state index in [1.54, 1.807) is 0 Å². The van der Waals surface area contributed by atoms with Gasteiger partial charge in [0.1, 0.15) is 0 Å². The van der Waals surface area contributed by atoms with Crippen LogP contribution in [-0.2, 0) is 6.54 Å². The van der Waals surface area contributed by atoms with Crippen molar-refractivity contribution in [3.8, 4) is 0 Å². The lowest BCUT2D eigenvalue weighted by Crippen LogP contribution is -2.47. The van der Waals surface area contributed by atoms with Crippen molar-refractivity contribution in [1.82, 2.24) is 10.2 Å². The summed E-state index contributed by atoms with van der Waals surface area (Å²) in [6, 6.07) is 10.8. The Balaban J connectivity index is 1.38. The van der Waals surface area contributed by atoms with Gasteiger partial charge in [-0.1, -0.05) is 30.3 Å². The molecular weight excluding hydrogens is 220 g/mol. The van der Waals surface area contributed by atoms with Crippen LogP contribution in [0.2, 0.25) is 0 Å². The van der Waals surface area contributed by atoms with Crippen molar-refractivity contribution >= 4 is 0 Å². The van der Waals surface area contributed by atoms with Gasteiger partial charge in [-0.3, -0.25) is 4.90 Å². The molecule has 0 spiro atoms. The molecule has 18 heavy (non-hydrogen) atoms. The molecule has 1 atom stereocenters. The van der Waals surface area contributed by atoms with Gasteiger partial charge >= 0.3 is 0 Å². The summed E-state index contributed by atoms with van der Waals surface area (Å²) >= 11 is 0. The smallest absolute Gasteiger partial charge is 0.0233 e. The SMILES string of the molecule is c1ccc(CN2CC(CC3CCCNC3)C2)cc1. The van der Waals surface area contributed by atoms with E-state index in [9.17, 15) is 0 Å². The Labute approximate surface area is 110 Å². The molecule has 98 valence electrons. The Morgan fingerprint density at radius 3 is 2.67 bits per heavy atom. The first-order chi connectivity index (χ1) is 8.90. The van der Waals surface area contributed by atoms with Gasteiger partial charge in [-0.2, -0.15) is 0 Å². The monoisotopic (exact) mass is 244 g/mol. The van der Waals surface area contributed by atoms with Crippen molar-refractivity contribution in [2.24, 2.45) is 11.8 Å². The molecule has 2 aliphatic rings. The summed E-state index contributed by atoms with van der Waals surface area (Å²) < 4.78 is 0. The molecule has 2 saturated heterocycles. The highest BCUT2D eigenvalue weighted by molar-refractivity contribution is 5.14. The van der Waals surface area contributed by atoms with E-state index in [4.69, 9.17) is 0 Å². The average molecular weight is 244 g/mol. The molecule has 2 heteroatoms. The molecule has 1 unspecified atom stereocenters. The van der Waals surface area contributed by atoms with Gasteiger partial charge in [0.05, 0.1) is 0 Å². The standard InChI is InChI=1S/C16H24N2/c1-2-5-14(6-3-1)11-18-12-16(13-18)9-15-7-4-8-17-10-15/h1-3,5-6,15-17H,4,7-13H2. The quantitative estimate of drug-likeness (QED) is 0.875. The van der Waals surface area contributed by atoms with Crippen LogP contribution >= 0.6 is 0 Å². The van der Waals surface area contributed by atoms with Crippen molar-refractivity contribution in [3.05, 3.63) is 35.9 Å². The summed E-state index contributed by atoms with van der Waals surface area (Å²) in [5, 5.41) is 3.53. The summed E-state index contributed by atoms with van der Waals surface area (Å²) in [7, 11) is 0. The third-order valence-corrected chi connectivity index (χ3v) is 4.35. The summed E-state index contributed by atoms with van der Waals surface area (Å²) in [6.45, 7) is 6.26. The van der Waals surface area contributed by atoms with E-state index in [0.717, 1.165) is 18.4 Å². The van der Waals surface area contributed by atoms with Crippen LogP contribution in [0.3, 0.4) is 0 Å². The van der Waals surface area contributed by atoms with Crippen LogP contribution in [0.25, 0.3) is 0 Å². The molecule has 3 rings (SSSR count). The minimum absolute atomic E-state index is 0.947. The minimum atomic E-state index is 0.947. The van der Waals surface area contributed by atoms with E-state index < -0.39 is 0 Å². The highest BCUT2D eigenvalue weighted by Gasteiger charge is 2.29. The van der Waals surface area contributed by atoms with Crippen LogP contribution in [0.15, 0.2) is 30.3 Å². The van der Waals surface area contributed by atoms with Crippen LogP contribution in [0, 0.1) is 11.8 Å². The second-order valence-corrected chi connectivity index (χ2v) is 5.99. The van der Waals surface area contributed by atoms with Gasteiger partial charge in [0, 0.05) is 19.6 Å². The normalized spacial score (nSPS) is 25.9. The minimum Gasteiger partial charge on any atom is -0.316 e. The molecule has 1 aromatic carbocycles. The van der Waals surface area contributed by atoms with Crippen LogP contribution in [-0.4, -0.2) is 31.1 Å². The first kappa shape index (κ1) is 12.2. The lowest BCUT2D eigenvalue weighted by molar-refractivity contribution is 0.0706. The van der Waals surface area contributed by atoms with E-state index in [0.29, 0.717) is 0 Å². The molecule has 0 amide bonds. The number of hydrogen-bond donors (Lipinski definition) is 1. The summed E-state index contributed by atoms with van der Waals surface area (Å²) in [5.41, 5.74) is 1.45. The number of piperidine rings is 1. The number of hydrogen-bond acceptors (Lipinski definition) is 2. The van der Waals surface area contributed by atoms with Gasteiger partial charge < -0.3 is 5.32 Å². The molecule has 0 aliphatic carbocycles. The molecule has 1 N–H and O–H groups in total. The van der Waals surface area contributed by atoms with Gasteiger partial charge in [-0.15, -0.1) is 0 Å². The maximum Gasteiger partial charge on any atom is 0.0233 e. The second-order valence-electron chi connectivity index (χ2n) is 5.99. The maximum atomic E-state index is 3.53. The Kier molecular flexibility index (Phi) is 3.96. The number of nitrogens with zero attached hydrogens (tertiary/aromatic N) is 1. The fourth-order valence-electron chi connectivity index (χ4n) is 3.39. The zero-order valence-corrected chi connectivity index (χ0v) is 11.1. The zero-order valence-electron chi connectivity index (χ0n) is 11.1. The summed E-state index contributed by atoms with van der Waals surface area (Å²) in [5.74, 6) is 1.90. The van der Waals surface area contributed by atoms with E-state index in [1.807, 2.05) is 0 Å². The Morgan fingerprint density at radius 1 is 1.11 bits per heavy atom. The zero-order chi connectivity index (χ0) is 12.2. The van der Waals surface area contributed by atoms with Crippen LogP contribution < -0.4 is 5.32 Å². The number of nitrogens with one attached hydrogen (secondary N) is 1. The van der Waals surface area contributed by atoms with E-state index in [1.165, 1.54) is 51.0 Å². The van der Waals surface area contributed by atoms with Crippen molar-refractivity contribution in [1.29, 1.82) is 0 Å². The molecule has 2 heterocycles. The largest absolute Gasteiger partial charge is 0.316 e. The Morgan fingerprint density at radius 2 is 1.94 bits per heavy atom. The van der Waals surface area contributed by atoms with Crippen molar-refractivity contribution < 1.29 is 0 Å². The fourth-order valence-corrected chi connectivity index (χ4v) is 3.39.